The minimum Gasteiger partial charge on any atom is -0.464 e. The third kappa shape index (κ3) is 1.08. The van der Waals surface area contributed by atoms with Crippen LogP contribution in [0.4, 0.5) is 9.18 Å². The number of hydrogen-bond acceptors (Lipinski definition) is 2. The van der Waals surface area contributed by atoms with E-state index in [0.29, 0.717) is 10.1 Å². The molecule has 2 N–H and O–H groups in total. The Hall–Kier alpha value is -2.11. The van der Waals surface area contributed by atoms with E-state index in [1.165, 1.54) is 6.07 Å². The standard InChI is InChI=1S/C8H5FN2O3/c9-4-1-2-5-6(3-4)11(8(13)14)7(12)10-5/h1-3H,(H,10,12)(H,13,14). The van der Waals surface area contributed by atoms with Crippen LogP contribution in [0.3, 0.4) is 0 Å². The van der Waals surface area contributed by atoms with Crippen LogP contribution >= 0.6 is 0 Å². The number of carbonyl (C=O) groups is 1. The number of nitrogens with zero attached hydrogens (tertiary/aromatic N) is 1. The van der Waals surface area contributed by atoms with E-state index in [0.717, 1.165) is 12.1 Å². The smallest absolute Gasteiger partial charge is 0.420 e. The molecule has 0 unspecified atom stereocenters. The fourth-order valence-corrected chi connectivity index (χ4v) is 1.27. The highest BCUT2D eigenvalue weighted by Gasteiger charge is 2.12. The second kappa shape index (κ2) is 2.69. The molecule has 0 aliphatic rings. The van der Waals surface area contributed by atoms with Gasteiger partial charge in [0, 0.05) is 6.07 Å². The van der Waals surface area contributed by atoms with Crippen LogP contribution in [0, 0.1) is 5.82 Å². The van der Waals surface area contributed by atoms with Crippen molar-refractivity contribution in [1.82, 2.24) is 9.55 Å². The van der Waals surface area contributed by atoms with Gasteiger partial charge in [0.2, 0.25) is 0 Å². The van der Waals surface area contributed by atoms with Crippen molar-refractivity contribution in [3.8, 4) is 0 Å². The first-order valence-electron chi connectivity index (χ1n) is 3.73. The maximum absolute atomic E-state index is 12.8. The topological polar surface area (TPSA) is 75.1 Å². The molecule has 2 aromatic rings. The van der Waals surface area contributed by atoms with Gasteiger partial charge in [0.05, 0.1) is 11.0 Å². The van der Waals surface area contributed by atoms with Crippen LogP contribution in [0.1, 0.15) is 0 Å². The Balaban J connectivity index is 2.93. The number of fused-ring (bicyclic) bond motifs is 1. The van der Waals surface area contributed by atoms with Gasteiger partial charge in [-0.25, -0.2) is 14.0 Å². The van der Waals surface area contributed by atoms with E-state index in [1.807, 2.05) is 0 Å². The Morgan fingerprint density at radius 3 is 2.86 bits per heavy atom. The number of nitrogens with one attached hydrogen (secondary N) is 1. The van der Waals surface area contributed by atoms with Crippen LogP contribution in [0.25, 0.3) is 11.0 Å². The SMILES string of the molecule is O=C(O)n1c(=O)[nH]c2ccc(F)cc21. The highest BCUT2D eigenvalue weighted by atomic mass is 19.1. The van der Waals surface area contributed by atoms with E-state index >= 15 is 0 Å². The van der Waals surface area contributed by atoms with Gasteiger partial charge in [-0.05, 0) is 12.1 Å². The summed E-state index contributed by atoms with van der Waals surface area (Å²) in [5, 5.41) is 8.66. The Morgan fingerprint density at radius 2 is 2.21 bits per heavy atom. The largest absolute Gasteiger partial charge is 0.464 e. The summed E-state index contributed by atoms with van der Waals surface area (Å²) < 4.78 is 13.2. The third-order valence-corrected chi connectivity index (χ3v) is 1.84. The average molecular weight is 196 g/mol. The Morgan fingerprint density at radius 1 is 1.50 bits per heavy atom. The molecule has 0 radical (unpaired) electrons. The molecule has 1 heterocycles. The molecule has 0 saturated carbocycles. The number of hydrogen-bond donors (Lipinski definition) is 2. The third-order valence-electron chi connectivity index (χ3n) is 1.84. The van der Waals surface area contributed by atoms with Crippen LogP contribution in [0.5, 0.6) is 0 Å². The van der Waals surface area contributed by atoms with Crippen molar-refractivity contribution in [3.63, 3.8) is 0 Å². The maximum atomic E-state index is 12.8. The van der Waals surface area contributed by atoms with Gasteiger partial charge >= 0.3 is 11.8 Å². The summed E-state index contributed by atoms with van der Waals surface area (Å²) in [5.74, 6) is -0.591. The molecule has 14 heavy (non-hydrogen) atoms. The molecule has 0 atom stereocenters. The normalized spacial score (nSPS) is 10.6. The number of benzene rings is 1. The van der Waals surface area contributed by atoms with Crippen molar-refractivity contribution < 1.29 is 14.3 Å². The quantitative estimate of drug-likeness (QED) is 0.659. The zero-order valence-corrected chi connectivity index (χ0v) is 6.82. The number of carboxylic acid groups (broad SMARTS) is 1. The van der Waals surface area contributed by atoms with Gasteiger partial charge in [-0.3, -0.25) is 0 Å². The van der Waals surface area contributed by atoms with Crippen molar-refractivity contribution in [2.75, 3.05) is 0 Å². The fourth-order valence-electron chi connectivity index (χ4n) is 1.27. The second-order valence-corrected chi connectivity index (χ2v) is 2.71. The van der Waals surface area contributed by atoms with E-state index in [9.17, 15) is 14.0 Å². The first kappa shape index (κ1) is 8.49. The summed E-state index contributed by atoms with van der Waals surface area (Å²) in [5.41, 5.74) is -0.487. The van der Waals surface area contributed by atoms with E-state index in [1.54, 1.807) is 0 Å². The number of aromatic nitrogens is 2. The van der Waals surface area contributed by atoms with Crippen LogP contribution < -0.4 is 5.69 Å². The number of rotatable bonds is 0. The fraction of sp³-hybridized carbons (Fsp3) is 0. The molecule has 0 bridgehead atoms. The van der Waals surface area contributed by atoms with E-state index < -0.39 is 17.6 Å². The van der Waals surface area contributed by atoms with Crippen molar-refractivity contribution in [1.29, 1.82) is 0 Å². The zero-order chi connectivity index (χ0) is 10.3. The lowest BCUT2D eigenvalue weighted by molar-refractivity contribution is 0.196. The number of imidazole rings is 1. The van der Waals surface area contributed by atoms with E-state index in [-0.39, 0.29) is 5.52 Å². The lowest BCUT2D eigenvalue weighted by Gasteiger charge is -1.94. The van der Waals surface area contributed by atoms with Gasteiger partial charge in [0.15, 0.2) is 0 Å². The predicted octanol–water partition coefficient (Wildman–Crippen LogP) is 0.995. The maximum Gasteiger partial charge on any atom is 0.420 e. The molecule has 0 spiro atoms. The molecule has 72 valence electrons. The van der Waals surface area contributed by atoms with Gasteiger partial charge in [-0.1, -0.05) is 0 Å². The van der Waals surface area contributed by atoms with Gasteiger partial charge in [-0.2, -0.15) is 4.57 Å². The minimum absolute atomic E-state index is 0.0162. The summed E-state index contributed by atoms with van der Waals surface area (Å²) >= 11 is 0. The van der Waals surface area contributed by atoms with Crippen molar-refractivity contribution >= 4 is 17.1 Å². The van der Waals surface area contributed by atoms with E-state index in [4.69, 9.17) is 5.11 Å². The van der Waals surface area contributed by atoms with Crippen molar-refractivity contribution in [2.24, 2.45) is 0 Å². The van der Waals surface area contributed by atoms with Gasteiger partial charge in [0.1, 0.15) is 5.82 Å². The lowest BCUT2D eigenvalue weighted by atomic mass is 10.3. The molecule has 1 aromatic carbocycles. The molecule has 1 aromatic heterocycles. The van der Waals surface area contributed by atoms with Crippen LogP contribution in [-0.2, 0) is 0 Å². The van der Waals surface area contributed by atoms with Crippen molar-refractivity contribution in [3.05, 3.63) is 34.5 Å². The molecular formula is C8H5FN2O3. The first-order chi connectivity index (χ1) is 6.59. The average Bonchev–Trinajstić information content (AvgIpc) is 2.40. The first-order valence-corrected chi connectivity index (χ1v) is 3.73. The summed E-state index contributed by atoms with van der Waals surface area (Å²) in [6, 6.07) is 3.44. The van der Waals surface area contributed by atoms with Crippen LogP contribution in [0.15, 0.2) is 23.0 Å². The highest BCUT2D eigenvalue weighted by molar-refractivity contribution is 5.85. The highest BCUT2D eigenvalue weighted by Crippen LogP contribution is 2.11. The number of H-pyrrole nitrogens is 1. The van der Waals surface area contributed by atoms with Gasteiger partial charge < -0.3 is 10.1 Å². The second-order valence-electron chi connectivity index (χ2n) is 2.71. The van der Waals surface area contributed by atoms with Gasteiger partial charge in [0.25, 0.3) is 0 Å². The number of halogens is 1. The molecule has 5 nitrogen and oxygen atoms in total. The van der Waals surface area contributed by atoms with Gasteiger partial charge in [-0.15, -0.1) is 0 Å². The molecule has 0 aliphatic heterocycles. The predicted molar refractivity (Wildman–Crippen MR) is 45.9 cm³/mol. The summed E-state index contributed by atoms with van der Waals surface area (Å²) in [7, 11) is 0. The van der Waals surface area contributed by atoms with Crippen LogP contribution in [-0.4, -0.2) is 20.8 Å². The Bertz CT molecular complexity index is 569. The number of aromatic amines is 1. The zero-order valence-electron chi connectivity index (χ0n) is 6.82. The van der Waals surface area contributed by atoms with Crippen LogP contribution in [0.2, 0.25) is 0 Å². The molecule has 0 fully saturated rings. The molecule has 2 rings (SSSR count). The Labute approximate surface area is 76.4 Å². The van der Waals surface area contributed by atoms with Crippen molar-refractivity contribution in [2.45, 2.75) is 0 Å². The molecular weight excluding hydrogens is 191 g/mol. The monoisotopic (exact) mass is 196 g/mol. The summed E-state index contributed by atoms with van der Waals surface area (Å²) in [6.07, 6.45) is -1.44. The molecule has 0 saturated heterocycles. The van der Waals surface area contributed by atoms with E-state index in [2.05, 4.69) is 4.98 Å². The molecule has 0 aliphatic carbocycles. The molecule has 6 heteroatoms. The Kier molecular flexibility index (Phi) is 1.63. The minimum atomic E-state index is -1.44. The summed E-state index contributed by atoms with van der Waals surface area (Å²) in [6.45, 7) is 0. The lowest BCUT2D eigenvalue weighted by Crippen LogP contribution is -2.22. The molecule has 0 amide bonds. The summed E-state index contributed by atoms with van der Waals surface area (Å²) in [4.78, 5) is 24.0.